The van der Waals surface area contributed by atoms with Crippen molar-refractivity contribution in [3.05, 3.63) is 0 Å². The highest BCUT2D eigenvalue weighted by Crippen LogP contribution is 2.25. The zero-order valence-electron chi connectivity index (χ0n) is 7.22. The predicted molar refractivity (Wildman–Crippen MR) is 38.3 cm³/mol. The summed E-state index contributed by atoms with van der Waals surface area (Å²) in [5.74, 6) is 0. The fourth-order valence-electron chi connectivity index (χ4n) is 0.949. The molecule has 0 saturated heterocycles. The maximum Gasteiger partial charge on any atom is 0.407 e. The molecular weight excluding hydrogens is 173 g/mol. The lowest BCUT2D eigenvalue weighted by Gasteiger charge is -2.30. The normalized spacial score (nSPS) is 18.0. The Bertz CT molecular complexity index is 137. The minimum atomic E-state index is -4.36. The molecule has 74 valence electrons. The number of halogens is 3. The van der Waals surface area contributed by atoms with Crippen molar-refractivity contribution in [1.82, 2.24) is 5.06 Å². The van der Waals surface area contributed by atoms with Crippen molar-refractivity contribution in [2.75, 3.05) is 14.2 Å². The van der Waals surface area contributed by atoms with Crippen LogP contribution in [-0.4, -0.2) is 37.5 Å². The number of nitrogens with two attached hydrogens (primary N) is 1. The van der Waals surface area contributed by atoms with Gasteiger partial charge >= 0.3 is 6.18 Å². The first kappa shape index (κ1) is 11.7. The largest absolute Gasteiger partial charge is 0.407 e. The molecule has 0 aliphatic heterocycles. The molecule has 0 bridgehead atoms. The number of likely N-dealkylation sites (N-methyl/N-ethyl adjacent to an activating group) is 1. The fraction of sp³-hybridized carbons (Fsp3) is 1.00. The third-order valence-electron chi connectivity index (χ3n) is 1.51. The SMILES string of the molecule is CON(C)C(C(C)N)C(F)(F)F. The number of rotatable bonds is 3. The van der Waals surface area contributed by atoms with E-state index in [1.807, 2.05) is 0 Å². The van der Waals surface area contributed by atoms with E-state index < -0.39 is 18.3 Å². The average molecular weight is 186 g/mol. The molecule has 0 aliphatic rings. The van der Waals surface area contributed by atoms with Crippen molar-refractivity contribution in [1.29, 1.82) is 0 Å². The smallest absolute Gasteiger partial charge is 0.326 e. The summed E-state index contributed by atoms with van der Waals surface area (Å²) in [7, 11) is 2.36. The van der Waals surface area contributed by atoms with Gasteiger partial charge in [-0.25, -0.2) is 0 Å². The van der Waals surface area contributed by atoms with Gasteiger partial charge in [0.1, 0.15) is 6.04 Å². The van der Waals surface area contributed by atoms with Gasteiger partial charge in [-0.1, -0.05) is 0 Å². The van der Waals surface area contributed by atoms with Crippen LogP contribution in [-0.2, 0) is 4.84 Å². The summed E-state index contributed by atoms with van der Waals surface area (Å²) in [6.07, 6.45) is -4.36. The van der Waals surface area contributed by atoms with Gasteiger partial charge in [-0.2, -0.15) is 18.2 Å². The monoisotopic (exact) mass is 186 g/mol. The number of nitrogens with zero attached hydrogens (tertiary/aromatic N) is 1. The zero-order chi connectivity index (χ0) is 9.94. The number of hydroxylamine groups is 2. The van der Waals surface area contributed by atoms with E-state index in [0.717, 1.165) is 0 Å². The van der Waals surface area contributed by atoms with E-state index in [-0.39, 0.29) is 0 Å². The molecule has 0 amide bonds. The van der Waals surface area contributed by atoms with Crippen molar-refractivity contribution in [3.8, 4) is 0 Å². The van der Waals surface area contributed by atoms with Gasteiger partial charge in [0.15, 0.2) is 0 Å². The van der Waals surface area contributed by atoms with E-state index >= 15 is 0 Å². The van der Waals surface area contributed by atoms with Crippen LogP contribution in [0.4, 0.5) is 13.2 Å². The molecule has 0 aromatic heterocycles. The summed E-state index contributed by atoms with van der Waals surface area (Å²) in [5.41, 5.74) is 5.16. The Morgan fingerprint density at radius 1 is 1.42 bits per heavy atom. The van der Waals surface area contributed by atoms with Crippen molar-refractivity contribution in [3.63, 3.8) is 0 Å². The quantitative estimate of drug-likeness (QED) is 0.661. The first-order chi connectivity index (χ1) is 5.30. The Hall–Kier alpha value is -0.330. The molecule has 0 radical (unpaired) electrons. The number of alkyl halides is 3. The van der Waals surface area contributed by atoms with E-state index in [1.165, 1.54) is 21.1 Å². The van der Waals surface area contributed by atoms with E-state index in [0.29, 0.717) is 5.06 Å². The minimum absolute atomic E-state index is 0.699. The molecule has 0 rings (SSSR count). The first-order valence-electron chi connectivity index (χ1n) is 3.40. The van der Waals surface area contributed by atoms with Crippen LogP contribution in [0, 0.1) is 0 Å². The third-order valence-corrected chi connectivity index (χ3v) is 1.51. The van der Waals surface area contributed by atoms with Gasteiger partial charge in [0.2, 0.25) is 0 Å². The van der Waals surface area contributed by atoms with Crippen LogP contribution in [0.2, 0.25) is 0 Å². The summed E-state index contributed by atoms with van der Waals surface area (Å²) in [5, 5.41) is 0.699. The van der Waals surface area contributed by atoms with E-state index in [2.05, 4.69) is 4.84 Å². The minimum Gasteiger partial charge on any atom is -0.326 e. The molecule has 6 heteroatoms. The van der Waals surface area contributed by atoms with Gasteiger partial charge in [-0.05, 0) is 6.92 Å². The van der Waals surface area contributed by atoms with E-state index in [4.69, 9.17) is 5.73 Å². The highest BCUT2D eigenvalue weighted by molar-refractivity contribution is 4.80. The highest BCUT2D eigenvalue weighted by atomic mass is 19.4. The summed E-state index contributed by atoms with van der Waals surface area (Å²) in [6.45, 7) is 1.29. The topological polar surface area (TPSA) is 38.5 Å². The zero-order valence-corrected chi connectivity index (χ0v) is 7.22. The number of hydrogen-bond donors (Lipinski definition) is 1. The Labute approximate surface area is 69.2 Å². The molecule has 2 N–H and O–H groups in total. The van der Waals surface area contributed by atoms with Gasteiger partial charge in [0.05, 0.1) is 7.11 Å². The molecular formula is C6H13F3N2O. The number of hydrogen-bond acceptors (Lipinski definition) is 3. The molecule has 0 aromatic carbocycles. The van der Waals surface area contributed by atoms with Crippen LogP contribution in [0.3, 0.4) is 0 Å². The second kappa shape index (κ2) is 4.06. The summed E-state index contributed by atoms with van der Waals surface area (Å²) < 4.78 is 36.6. The molecule has 2 atom stereocenters. The van der Waals surface area contributed by atoms with E-state index in [1.54, 1.807) is 0 Å². The van der Waals surface area contributed by atoms with Crippen molar-refractivity contribution >= 4 is 0 Å². The van der Waals surface area contributed by atoms with Crippen LogP contribution in [0.25, 0.3) is 0 Å². The molecule has 0 saturated carbocycles. The molecule has 2 unspecified atom stereocenters. The van der Waals surface area contributed by atoms with Gasteiger partial charge in [0.25, 0.3) is 0 Å². The molecule has 0 aromatic rings. The second-order valence-electron chi connectivity index (χ2n) is 2.57. The van der Waals surface area contributed by atoms with Crippen LogP contribution in [0.1, 0.15) is 6.92 Å². The lowest BCUT2D eigenvalue weighted by atomic mass is 10.1. The first-order valence-corrected chi connectivity index (χ1v) is 3.40. The Morgan fingerprint density at radius 2 is 1.83 bits per heavy atom. The van der Waals surface area contributed by atoms with Crippen LogP contribution in [0.15, 0.2) is 0 Å². The average Bonchev–Trinajstić information content (AvgIpc) is 1.83. The fourth-order valence-corrected chi connectivity index (χ4v) is 0.949. The van der Waals surface area contributed by atoms with Gasteiger partial charge < -0.3 is 10.6 Å². The second-order valence-corrected chi connectivity index (χ2v) is 2.57. The van der Waals surface area contributed by atoms with Gasteiger partial charge in [0, 0.05) is 13.1 Å². The molecule has 0 heterocycles. The van der Waals surface area contributed by atoms with Crippen LogP contribution >= 0.6 is 0 Å². The maximum atomic E-state index is 12.2. The van der Waals surface area contributed by atoms with Gasteiger partial charge in [-0.15, -0.1) is 0 Å². The molecule has 0 fully saturated rings. The van der Waals surface area contributed by atoms with Crippen LogP contribution in [0.5, 0.6) is 0 Å². The molecule has 3 nitrogen and oxygen atoms in total. The summed E-state index contributed by atoms with van der Waals surface area (Å²) >= 11 is 0. The summed E-state index contributed by atoms with van der Waals surface area (Å²) in [6, 6.07) is -2.78. The van der Waals surface area contributed by atoms with Crippen LogP contribution < -0.4 is 5.73 Å². The Balaban J connectivity index is 4.44. The highest BCUT2D eigenvalue weighted by Gasteiger charge is 2.45. The van der Waals surface area contributed by atoms with Crippen molar-refractivity contribution in [2.24, 2.45) is 5.73 Å². The predicted octanol–water partition coefficient (Wildman–Crippen LogP) is 0.758. The van der Waals surface area contributed by atoms with Gasteiger partial charge in [-0.3, -0.25) is 0 Å². The maximum absolute atomic E-state index is 12.2. The third kappa shape index (κ3) is 2.96. The summed E-state index contributed by atoms with van der Waals surface area (Å²) in [4.78, 5) is 4.43. The molecule has 12 heavy (non-hydrogen) atoms. The lowest BCUT2D eigenvalue weighted by Crippen LogP contribution is -2.53. The lowest BCUT2D eigenvalue weighted by molar-refractivity contribution is -0.257. The molecule has 0 spiro atoms. The Kier molecular flexibility index (Phi) is 3.95. The van der Waals surface area contributed by atoms with E-state index in [9.17, 15) is 13.2 Å². The van der Waals surface area contributed by atoms with Crippen molar-refractivity contribution in [2.45, 2.75) is 25.2 Å². The van der Waals surface area contributed by atoms with Crippen molar-refractivity contribution < 1.29 is 18.0 Å². The Morgan fingerprint density at radius 3 is 1.92 bits per heavy atom. The standard InChI is InChI=1S/C6H13F3N2O/c1-4(10)5(6(7,8)9)11(2)12-3/h4-5H,10H2,1-3H3. The molecule has 0 aliphatic carbocycles.